The van der Waals surface area contributed by atoms with Gasteiger partial charge in [-0.1, -0.05) is 18.2 Å². The number of hydrogen-bond donors (Lipinski definition) is 1. The Morgan fingerprint density at radius 1 is 1.13 bits per heavy atom. The van der Waals surface area contributed by atoms with Crippen molar-refractivity contribution in [2.75, 3.05) is 43.2 Å². The van der Waals surface area contributed by atoms with Gasteiger partial charge in [-0.2, -0.15) is 0 Å². The Morgan fingerprint density at radius 2 is 1.95 bits per heavy atom. The van der Waals surface area contributed by atoms with Gasteiger partial charge in [0.1, 0.15) is 21.2 Å². The van der Waals surface area contributed by atoms with Crippen LogP contribution in [-0.4, -0.2) is 61.2 Å². The van der Waals surface area contributed by atoms with Crippen LogP contribution in [-0.2, 0) is 4.74 Å². The number of carbonyl (C=O) groups excluding carboxylic acids is 2. The summed E-state index contributed by atoms with van der Waals surface area (Å²) in [5.41, 5.74) is 8.57. The van der Waals surface area contributed by atoms with Gasteiger partial charge in [-0.3, -0.25) is 14.6 Å². The van der Waals surface area contributed by atoms with Crippen LogP contribution in [0.1, 0.15) is 15.2 Å². The predicted octanol–water partition coefficient (Wildman–Crippen LogP) is 4.90. The van der Waals surface area contributed by atoms with Gasteiger partial charge >= 0.3 is 6.03 Å². The molecule has 194 valence electrons. The molecule has 4 heterocycles. The summed E-state index contributed by atoms with van der Waals surface area (Å²) >= 11 is 1.21. The zero-order valence-electron chi connectivity index (χ0n) is 21.1. The number of nitrogens with zero attached hydrogens (tertiary/aromatic N) is 4. The van der Waals surface area contributed by atoms with Gasteiger partial charge in [-0.15, -0.1) is 11.3 Å². The standard InChI is InChI=1S/C28H27N5O4S/c1-17-14-20(37-19-6-4-3-5-7-19)8-9-21(17)33-22-10-11-30-27-23(22)24(25(38-27)26(29)34)32(28(33)35)18-15-31(2)12-13-36-16-18/h3-11,14,18H,12-13,15-16H2,1-2H3,(H2,29,34). The summed E-state index contributed by atoms with van der Waals surface area (Å²) < 4.78 is 11.9. The van der Waals surface area contributed by atoms with E-state index in [4.69, 9.17) is 15.2 Å². The number of benzene rings is 2. The van der Waals surface area contributed by atoms with Gasteiger partial charge in [0.15, 0.2) is 0 Å². The second-order valence-electron chi connectivity index (χ2n) is 9.50. The molecule has 0 aliphatic carbocycles. The molecule has 1 saturated heterocycles. The SMILES string of the molecule is Cc1cc(Oc2ccccc2)ccc1N1C(=O)N(C2COCCN(C)C2)c2c(C(N)=O)sc3nccc1c23. The van der Waals surface area contributed by atoms with Crippen molar-refractivity contribution < 1.29 is 19.1 Å². The molecular weight excluding hydrogens is 502 g/mol. The minimum Gasteiger partial charge on any atom is -0.457 e. The number of carbonyl (C=O) groups is 2. The van der Waals surface area contributed by atoms with Gasteiger partial charge in [0, 0.05) is 19.3 Å². The highest BCUT2D eigenvalue weighted by Gasteiger charge is 2.42. The van der Waals surface area contributed by atoms with E-state index >= 15 is 0 Å². The summed E-state index contributed by atoms with van der Waals surface area (Å²) in [7, 11) is 2.00. The summed E-state index contributed by atoms with van der Waals surface area (Å²) in [6.07, 6.45) is 1.66. The van der Waals surface area contributed by atoms with Crippen LogP contribution in [0.15, 0.2) is 60.8 Å². The summed E-state index contributed by atoms with van der Waals surface area (Å²) in [4.78, 5) is 38.0. The number of ether oxygens (including phenoxy) is 2. The topological polar surface area (TPSA) is 101 Å². The van der Waals surface area contributed by atoms with Gasteiger partial charge in [0.25, 0.3) is 5.91 Å². The van der Waals surface area contributed by atoms with Crippen LogP contribution in [0.4, 0.5) is 21.9 Å². The molecule has 2 aliphatic rings. The summed E-state index contributed by atoms with van der Waals surface area (Å²) in [6.45, 7) is 4.21. The fraction of sp³-hybridized carbons (Fsp3) is 0.250. The molecule has 1 atom stereocenters. The number of amides is 3. The Kier molecular flexibility index (Phi) is 6.22. The summed E-state index contributed by atoms with van der Waals surface area (Å²) in [6, 6.07) is 16.4. The summed E-state index contributed by atoms with van der Waals surface area (Å²) in [5, 5.41) is 0.738. The number of urea groups is 1. The Balaban J connectivity index is 1.49. The maximum absolute atomic E-state index is 14.4. The molecule has 2 N–H and O–H groups in total. The number of rotatable bonds is 5. The zero-order chi connectivity index (χ0) is 26.4. The van der Waals surface area contributed by atoms with E-state index in [1.165, 1.54) is 11.3 Å². The molecule has 2 aromatic carbocycles. The molecule has 38 heavy (non-hydrogen) atoms. The first-order chi connectivity index (χ1) is 18.4. The summed E-state index contributed by atoms with van der Waals surface area (Å²) in [5.74, 6) is 0.821. The molecule has 4 aromatic rings. The first-order valence-electron chi connectivity index (χ1n) is 12.4. The Bertz CT molecular complexity index is 1540. The second kappa shape index (κ2) is 9.71. The lowest BCUT2D eigenvalue weighted by atomic mass is 10.1. The number of likely N-dealkylation sites (N-methyl/N-ethyl adjacent to an activating group) is 1. The second-order valence-corrected chi connectivity index (χ2v) is 10.5. The number of nitrogens with two attached hydrogens (primary N) is 1. The van der Waals surface area contributed by atoms with Crippen LogP contribution in [0.5, 0.6) is 11.5 Å². The van der Waals surface area contributed by atoms with Crippen molar-refractivity contribution in [2.45, 2.75) is 13.0 Å². The van der Waals surface area contributed by atoms with Crippen LogP contribution in [0.3, 0.4) is 0 Å². The van der Waals surface area contributed by atoms with Crippen molar-refractivity contribution in [3.63, 3.8) is 0 Å². The van der Waals surface area contributed by atoms with E-state index in [1.54, 1.807) is 16.0 Å². The number of primary amides is 1. The number of aryl methyl sites for hydroxylation is 1. The van der Waals surface area contributed by atoms with Crippen molar-refractivity contribution >= 4 is 50.6 Å². The highest BCUT2D eigenvalue weighted by molar-refractivity contribution is 7.21. The number of para-hydroxylation sites is 1. The van der Waals surface area contributed by atoms with Gasteiger partial charge in [-0.25, -0.2) is 9.78 Å². The van der Waals surface area contributed by atoms with Crippen LogP contribution in [0.25, 0.3) is 10.2 Å². The number of thiophene rings is 1. The van der Waals surface area contributed by atoms with E-state index in [0.717, 1.165) is 23.2 Å². The first kappa shape index (κ1) is 24.4. The fourth-order valence-electron chi connectivity index (χ4n) is 5.12. The molecular formula is C28H27N5O4S. The van der Waals surface area contributed by atoms with Gasteiger partial charge in [-0.05, 0) is 55.9 Å². The quantitative estimate of drug-likeness (QED) is 0.395. The van der Waals surface area contributed by atoms with Crippen LogP contribution in [0.2, 0.25) is 0 Å². The van der Waals surface area contributed by atoms with E-state index in [2.05, 4.69) is 9.88 Å². The molecule has 3 amide bonds. The third-order valence-corrected chi connectivity index (χ3v) is 7.95. The molecule has 0 bridgehead atoms. The van der Waals surface area contributed by atoms with E-state index in [-0.39, 0.29) is 12.1 Å². The van der Waals surface area contributed by atoms with E-state index < -0.39 is 5.91 Å². The molecule has 1 fully saturated rings. The molecule has 1 unspecified atom stereocenters. The predicted molar refractivity (Wildman–Crippen MR) is 148 cm³/mol. The van der Waals surface area contributed by atoms with Crippen molar-refractivity contribution in [3.05, 3.63) is 71.2 Å². The lowest BCUT2D eigenvalue weighted by molar-refractivity contribution is 0.100. The minimum atomic E-state index is -0.582. The number of pyridine rings is 1. The maximum atomic E-state index is 14.4. The van der Waals surface area contributed by atoms with Crippen LogP contribution >= 0.6 is 11.3 Å². The molecule has 10 heteroatoms. The monoisotopic (exact) mass is 529 g/mol. The maximum Gasteiger partial charge on any atom is 0.334 e. The average Bonchev–Trinajstić information content (AvgIpc) is 3.15. The fourth-order valence-corrected chi connectivity index (χ4v) is 6.13. The van der Waals surface area contributed by atoms with Crippen molar-refractivity contribution in [1.82, 2.24) is 9.88 Å². The third-order valence-electron chi connectivity index (χ3n) is 6.85. The van der Waals surface area contributed by atoms with Gasteiger partial charge in [0.2, 0.25) is 0 Å². The first-order valence-corrected chi connectivity index (χ1v) is 13.2. The highest BCUT2D eigenvalue weighted by atomic mass is 32.1. The third kappa shape index (κ3) is 4.16. The molecule has 2 aliphatic heterocycles. The van der Waals surface area contributed by atoms with E-state index in [0.29, 0.717) is 52.3 Å². The van der Waals surface area contributed by atoms with Crippen LogP contribution in [0, 0.1) is 6.92 Å². The van der Waals surface area contributed by atoms with Crippen molar-refractivity contribution in [3.8, 4) is 11.5 Å². The molecule has 0 saturated carbocycles. The minimum absolute atomic E-state index is 0.269. The highest BCUT2D eigenvalue weighted by Crippen LogP contribution is 2.49. The molecule has 0 radical (unpaired) electrons. The number of anilines is 3. The zero-order valence-corrected chi connectivity index (χ0v) is 21.9. The average molecular weight is 530 g/mol. The van der Waals surface area contributed by atoms with Crippen LogP contribution < -0.4 is 20.3 Å². The molecule has 0 spiro atoms. The molecule has 2 aromatic heterocycles. The largest absolute Gasteiger partial charge is 0.457 e. The lowest BCUT2D eigenvalue weighted by Crippen LogP contribution is -2.54. The van der Waals surface area contributed by atoms with E-state index in [1.807, 2.05) is 68.6 Å². The normalized spacial score (nSPS) is 18.1. The molecule has 6 rings (SSSR count). The molecule has 9 nitrogen and oxygen atoms in total. The Hall–Kier alpha value is -3.99. The van der Waals surface area contributed by atoms with Gasteiger partial charge < -0.3 is 20.1 Å². The smallest absolute Gasteiger partial charge is 0.334 e. The Morgan fingerprint density at radius 3 is 2.71 bits per heavy atom. The van der Waals surface area contributed by atoms with Crippen molar-refractivity contribution in [2.24, 2.45) is 5.73 Å². The number of hydrogen-bond acceptors (Lipinski definition) is 7. The van der Waals surface area contributed by atoms with Crippen molar-refractivity contribution in [1.29, 1.82) is 0 Å². The van der Waals surface area contributed by atoms with E-state index in [9.17, 15) is 9.59 Å². The lowest BCUT2D eigenvalue weighted by Gasteiger charge is -2.40. The number of aromatic nitrogens is 1. The Labute approximate surface area is 224 Å². The van der Waals surface area contributed by atoms with Gasteiger partial charge in [0.05, 0.1) is 41.7 Å².